The summed E-state index contributed by atoms with van der Waals surface area (Å²) in [5.74, 6) is -0.745. The van der Waals surface area contributed by atoms with Crippen LogP contribution >= 0.6 is 0 Å². The Morgan fingerprint density at radius 3 is 2.18 bits per heavy atom. The van der Waals surface area contributed by atoms with Crippen LogP contribution in [-0.4, -0.2) is 39.8 Å². The van der Waals surface area contributed by atoms with E-state index >= 15 is 0 Å². The van der Waals surface area contributed by atoms with Gasteiger partial charge in [-0.1, -0.05) is 30.3 Å². The van der Waals surface area contributed by atoms with E-state index in [1.165, 1.54) is 0 Å². The summed E-state index contributed by atoms with van der Waals surface area (Å²) in [7, 11) is 0. The second-order valence-electron chi connectivity index (χ2n) is 7.11. The van der Waals surface area contributed by atoms with Gasteiger partial charge in [-0.05, 0) is 18.8 Å². The van der Waals surface area contributed by atoms with E-state index in [0.717, 1.165) is 5.56 Å². The summed E-state index contributed by atoms with van der Waals surface area (Å²) in [6.07, 6.45) is 1.22. The van der Waals surface area contributed by atoms with Crippen molar-refractivity contribution in [2.45, 2.75) is 32.7 Å². The predicted octanol–water partition coefficient (Wildman–Crippen LogP) is 2.96. The van der Waals surface area contributed by atoms with Gasteiger partial charge in [0.1, 0.15) is 6.54 Å². The maximum Gasteiger partial charge on any atom is 0.513 e. The third kappa shape index (κ3) is 2.11. The smallest absolute Gasteiger partial charge is 0.481 e. The minimum absolute atomic E-state index is 0.0153. The van der Waals surface area contributed by atoms with Crippen molar-refractivity contribution in [2.24, 2.45) is 10.8 Å². The minimum Gasteiger partial charge on any atom is -0.481 e. The van der Waals surface area contributed by atoms with Gasteiger partial charge in [0.25, 0.3) is 0 Å². The number of benzene rings is 1. The van der Waals surface area contributed by atoms with Crippen molar-refractivity contribution >= 4 is 12.1 Å². The average molecular weight is 304 g/mol. The van der Waals surface area contributed by atoms with Crippen LogP contribution in [0.3, 0.4) is 0 Å². The molecule has 2 N–H and O–H groups in total. The van der Waals surface area contributed by atoms with Gasteiger partial charge >= 0.3 is 12.1 Å². The summed E-state index contributed by atoms with van der Waals surface area (Å²) in [6.45, 7) is 3.28. The zero-order chi connectivity index (χ0) is 16.0. The molecule has 1 spiro atoms. The van der Waals surface area contributed by atoms with Crippen LogP contribution in [0.1, 0.15) is 31.7 Å². The molecule has 0 radical (unpaired) electrons. The number of carboxylic acid groups (broad SMARTS) is 2. The second kappa shape index (κ2) is 4.81. The van der Waals surface area contributed by atoms with Gasteiger partial charge in [-0.2, -0.15) is 4.79 Å². The first-order valence-electron chi connectivity index (χ1n) is 7.71. The van der Waals surface area contributed by atoms with Gasteiger partial charge in [0, 0.05) is 18.4 Å². The quantitative estimate of drug-likeness (QED) is 0.842. The number of hydrogen-bond acceptors (Lipinski definition) is 2. The topological polar surface area (TPSA) is 74.6 Å². The van der Waals surface area contributed by atoms with Crippen LogP contribution in [0.25, 0.3) is 0 Å². The molecule has 118 valence electrons. The Bertz CT molecular complexity index is 604. The molecule has 1 heterocycles. The van der Waals surface area contributed by atoms with Crippen LogP contribution in [0, 0.1) is 10.8 Å². The molecule has 2 fully saturated rings. The van der Waals surface area contributed by atoms with E-state index in [9.17, 15) is 19.8 Å². The van der Waals surface area contributed by atoms with Gasteiger partial charge in [0.2, 0.25) is 0 Å². The molecule has 1 aliphatic heterocycles. The Morgan fingerprint density at radius 1 is 1.14 bits per heavy atom. The van der Waals surface area contributed by atoms with Crippen molar-refractivity contribution < 1.29 is 24.3 Å². The number of likely N-dealkylation sites (tertiary alicyclic amines) is 1. The van der Waals surface area contributed by atoms with Crippen LogP contribution in [0.4, 0.5) is 4.79 Å². The highest BCUT2D eigenvalue weighted by Crippen LogP contribution is 2.69. The van der Waals surface area contributed by atoms with Gasteiger partial charge in [-0.15, -0.1) is 0 Å². The van der Waals surface area contributed by atoms with Gasteiger partial charge < -0.3 is 10.2 Å². The lowest BCUT2D eigenvalue weighted by molar-refractivity contribution is -0.877. The Kier molecular flexibility index (Phi) is 3.29. The third-order valence-corrected chi connectivity index (χ3v) is 5.98. The molecule has 1 aromatic carbocycles. The van der Waals surface area contributed by atoms with Gasteiger partial charge in [-0.25, -0.2) is 4.48 Å². The van der Waals surface area contributed by atoms with E-state index in [-0.39, 0.29) is 9.90 Å². The summed E-state index contributed by atoms with van der Waals surface area (Å²) in [6, 6.07) is 9.66. The highest BCUT2D eigenvalue weighted by atomic mass is 16.4. The number of carbonyl (C=O) groups is 2. The van der Waals surface area contributed by atoms with E-state index in [1.807, 2.05) is 30.3 Å². The largest absolute Gasteiger partial charge is 0.513 e. The first kappa shape index (κ1) is 15.0. The fourth-order valence-electron chi connectivity index (χ4n) is 4.11. The average Bonchev–Trinajstić information content (AvgIpc) is 3.09. The molecule has 5 heteroatoms. The van der Waals surface area contributed by atoms with Crippen LogP contribution in [0.15, 0.2) is 30.3 Å². The van der Waals surface area contributed by atoms with Gasteiger partial charge in [0.15, 0.2) is 0 Å². The van der Waals surface area contributed by atoms with E-state index in [1.54, 1.807) is 6.92 Å². The van der Waals surface area contributed by atoms with Crippen molar-refractivity contribution in [3.63, 3.8) is 0 Å². The Labute approximate surface area is 129 Å². The van der Waals surface area contributed by atoms with E-state index in [4.69, 9.17) is 0 Å². The zero-order valence-electron chi connectivity index (χ0n) is 12.8. The molecular weight excluding hydrogens is 282 g/mol. The van der Waals surface area contributed by atoms with Gasteiger partial charge in [0.05, 0.1) is 18.5 Å². The Morgan fingerprint density at radius 2 is 1.73 bits per heavy atom. The maximum atomic E-state index is 11.9. The number of rotatable bonds is 3. The zero-order valence-corrected chi connectivity index (χ0v) is 12.8. The SMILES string of the molecule is CC1(C(=O)O)CC12CC[N+](Cc1ccccc1)(C(=O)O)CC2. The van der Waals surface area contributed by atoms with E-state index in [0.29, 0.717) is 38.9 Å². The van der Waals surface area contributed by atoms with Crippen LogP contribution in [-0.2, 0) is 11.3 Å². The molecular formula is C17H22NO4+. The molecule has 3 rings (SSSR count). The number of carboxylic acids is 1. The van der Waals surface area contributed by atoms with Crippen molar-refractivity contribution in [3.05, 3.63) is 35.9 Å². The molecule has 0 bridgehead atoms. The Balaban J connectivity index is 1.77. The highest BCUT2D eigenvalue weighted by molar-refractivity contribution is 5.79. The molecule has 1 aromatic rings. The summed E-state index contributed by atoms with van der Waals surface area (Å²) in [5.41, 5.74) is 0.166. The number of piperidine rings is 1. The first-order valence-corrected chi connectivity index (χ1v) is 7.71. The molecule has 1 atom stereocenters. The molecule has 1 aliphatic carbocycles. The number of quaternary nitrogens is 1. The third-order valence-electron chi connectivity index (χ3n) is 5.98. The monoisotopic (exact) mass is 304 g/mol. The molecule has 22 heavy (non-hydrogen) atoms. The van der Waals surface area contributed by atoms with Crippen LogP contribution < -0.4 is 0 Å². The predicted molar refractivity (Wildman–Crippen MR) is 80.2 cm³/mol. The van der Waals surface area contributed by atoms with Gasteiger partial charge in [-0.3, -0.25) is 4.79 Å². The van der Waals surface area contributed by atoms with Crippen molar-refractivity contribution in [3.8, 4) is 0 Å². The number of aliphatic carboxylic acids is 1. The van der Waals surface area contributed by atoms with Crippen LogP contribution in [0.2, 0.25) is 0 Å². The molecule has 1 unspecified atom stereocenters. The lowest BCUT2D eigenvalue weighted by Gasteiger charge is -2.40. The molecule has 1 saturated heterocycles. The van der Waals surface area contributed by atoms with E-state index in [2.05, 4.69) is 0 Å². The number of amides is 1. The van der Waals surface area contributed by atoms with Crippen molar-refractivity contribution in [1.29, 1.82) is 0 Å². The molecule has 2 aliphatic rings. The number of hydrogen-bond donors (Lipinski definition) is 2. The Hall–Kier alpha value is -1.88. The van der Waals surface area contributed by atoms with Crippen molar-refractivity contribution in [2.75, 3.05) is 13.1 Å². The summed E-state index contributed by atoms with van der Waals surface area (Å²) in [4.78, 5) is 23.3. The lowest BCUT2D eigenvalue weighted by atomic mass is 9.84. The number of nitrogens with zero attached hydrogens (tertiary/aromatic N) is 1. The standard InChI is InChI=1S/C17H21NO4/c1-16(14(19)20)12-17(16)7-9-18(10-8-17,15(21)22)11-13-5-3-2-4-6-13/h2-6H,7-12H2,1H3,(H-,19,20,21,22)/p+1. The maximum absolute atomic E-state index is 11.9. The fraction of sp³-hybridized carbons (Fsp3) is 0.529. The molecule has 1 saturated carbocycles. The van der Waals surface area contributed by atoms with Crippen molar-refractivity contribution in [1.82, 2.24) is 0 Å². The van der Waals surface area contributed by atoms with Crippen LogP contribution in [0.5, 0.6) is 0 Å². The molecule has 1 amide bonds. The molecule has 0 aromatic heterocycles. The highest BCUT2D eigenvalue weighted by Gasteiger charge is 2.71. The lowest BCUT2D eigenvalue weighted by Crippen LogP contribution is -2.56. The summed E-state index contributed by atoms with van der Waals surface area (Å²) >= 11 is 0. The molecule has 5 nitrogen and oxygen atoms in total. The first-order chi connectivity index (χ1) is 10.3. The fourth-order valence-corrected chi connectivity index (χ4v) is 4.11. The summed E-state index contributed by atoms with van der Waals surface area (Å²) < 4.78 is 0.0153. The van der Waals surface area contributed by atoms with E-state index < -0.39 is 17.5 Å². The summed E-state index contributed by atoms with van der Waals surface area (Å²) in [5, 5.41) is 19.1. The minimum atomic E-state index is -0.809. The normalized spacial score (nSPS) is 37.0. The second-order valence-corrected chi connectivity index (χ2v) is 7.11.